The molecule has 1 aromatic rings. The van der Waals surface area contributed by atoms with Crippen LogP contribution in [0.2, 0.25) is 0 Å². The highest BCUT2D eigenvalue weighted by Gasteiger charge is 2.25. The van der Waals surface area contributed by atoms with Crippen molar-refractivity contribution in [2.24, 2.45) is 10.9 Å². The molecular formula is C11H16FN3O3S. The van der Waals surface area contributed by atoms with Crippen molar-refractivity contribution in [1.29, 1.82) is 0 Å². The van der Waals surface area contributed by atoms with Gasteiger partial charge in [-0.25, -0.2) is 17.9 Å². The number of nitrogens with zero attached hydrogens (tertiary/aromatic N) is 1. The van der Waals surface area contributed by atoms with Crippen LogP contribution in [0.5, 0.6) is 0 Å². The molecule has 4 N–H and O–H groups in total. The number of ether oxygens (including phenoxy) is 1. The van der Waals surface area contributed by atoms with Crippen molar-refractivity contribution in [1.82, 2.24) is 0 Å². The zero-order valence-electron chi connectivity index (χ0n) is 10.3. The Labute approximate surface area is 111 Å². The Morgan fingerprint density at radius 1 is 1.47 bits per heavy atom. The third-order valence-electron chi connectivity index (χ3n) is 3.06. The van der Waals surface area contributed by atoms with Crippen molar-refractivity contribution in [3.05, 3.63) is 24.0 Å². The summed E-state index contributed by atoms with van der Waals surface area (Å²) in [7, 11) is -3.90. The van der Waals surface area contributed by atoms with Crippen molar-refractivity contribution in [2.45, 2.75) is 10.9 Å². The first-order valence-electron chi connectivity index (χ1n) is 5.80. The predicted molar refractivity (Wildman–Crippen MR) is 68.8 cm³/mol. The SMILES string of the molecule is NCC1COCCN1c1ccc(S(N)(=O)=O)cc1F. The monoisotopic (exact) mass is 289 g/mol. The van der Waals surface area contributed by atoms with Crippen LogP contribution in [0, 0.1) is 5.82 Å². The molecule has 19 heavy (non-hydrogen) atoms. The Hall–Kier alpha value is -1.22. The standard InChI is InChI=1S/C11H16FN3O3S/c12-10-5-9(19(14,16)17)1-2-11(10)15-3-4-18-7-8(15)6-13/h1-2,5,8H,3-4,6-7,13H2,(H2,14,16,17). The lowest BCUT2D eigenvalue weighted by atomic mass is 10.2. The van der Waals surface area contributed by atoms with E-state index in [0.29, 0.717) is 32.0 Å². The van der Waals surface area contributed by atoms with Crippen LogP contribution in [0.1, 0.15) is 0 Å². The molecule has 1 fully saturated rings. The Kier molecular flexibility index (Phi) is 4.04. The van der Waals surface area contributed by atoms with Crippen LogP contribution in [0.4, 0.5) is 10.1 Å². The van der Waals surface area contributed by atoms with Crippen LogP contribution >= 0.6 is 0 Å². The van der Waals surface area contributed by atoms with E-state index in [1.165, 1.54) is 12.1 Å². The van der Waals surface area contributed by atoms with E-state index in [1.54, 1.807) is 4.90 Å². The summed E-state index contributed by atoms with van der Waals surface area (Å²) in [6, 6.07) is 3.50. The van der Waals surface area contributed by atoms with Gasteiger partial charge in [0.1, 0.15) is 5.82 Å². The van der Waals surface area contributed by atoms with E-state index in [0.717, 1.165) is 6.07 Å². The molecule has 0 bridgehead atoms. The fourth-order valence-corrected chi connectivity index (χ4v) is 2.59. The Balaban J connectivity index is 2.35. The molecule has 6 nitrogen and oxygen atoms in total. The van der Waals surface area contributed by atoms with E-state index in [2.05, 4.69) is 0 Å². The second-order valence-electron chi connectivity index (χ2n) is 4.32. The summed E-state index contributed by atoms with van der Waals surface area (Å²) in [5, 5.41) is 4.96. The highest BCUT2D eigenvalue weighted by Crippen LogP contribution is 2.25. The zero-order valence-corrected chi connectivity index (χ0v) is 11.1. The van der Waals surface area contributed by atoms with Gasteiger partial charge < -0.3 is 15.4 Å². The molecule has 0 aromatic heterocycles. The molecule has 106 valence electrons. The maximum Gasteiger partial charge on any atom is 0.238 e. The van der Waals surface area contributed by atoms with Crippen molar-refractivity contribution < 1.29 is 17.5 Å². The van der Waals surface area contributed by atoms with Crippen molar-refractivity contribution in [3.63, 3.8) is 0 Å². The highest BCUT2D eigenvalue weighted by atomic mass is 32.2. The van der Waals surface area contributed by atoms with Crippen molar-refractivity contribution >= 4 is 15.7 Å². The van der Waals surface area contributed by atoms with Gasteiger partial charge in [-0.2, -0.15) is 0 Å². The molecule has 2 rings (SSSR count). The quantitative estimate of drug-likeness (QED) is 0.791. The van der Waals surface area contributed by atoms with Crippen LogP contribution < -0.4 is 15.8 Å². The van der Waals surface area contributed by atoms with Gasteiger partial charge in [-0.15, -0.1) is 0 Å². The molecule has 1 aliphatic heterocycles. The van der Waals surface area contributed by atoms with Gasteiger partial charge in [0.25, 0.3) is 0 Å². The molecule has 1 unspecified atom stereocenters. The highest BCUT2D eigenvalue weighted by molar-refractivity contribution is 7.89. The summed E-state index contributed by atoms with van der Waals surface area (Å²) in [5.41, 5.74) is 5.93. The molecule has 1 aromatic carbocycles. The smallest absolute Gasteiger partial charge is 0.238 e. The number of nitrogens with two attached hydrogens (primary N) is 2. The minimum atomic E-state index is -3.90. The molecule has 0 aliphatic carbocycles. The molecule has 1 heterocycles. The fraction of sp³-hybridized carbons (Fsp3) is 0.455. The Morgan fingerprint density at radius 2 is 2.21 bits per heavy atom. The number of anilines is 1. The number of halogens is 1. The number of primary sulfonamides is 1. The lowest BCUT2D eigenvalue weighted by molar-refractivity contribution is 0.0959. The van der Waals surface area contributed by atoms with Crippen LogP contribution in [-0.2, 0) is 14.8 Å². The second kappa shape index (κ2) is 5.41. The van der Waals surface area contributed by atoms with Gasteiger partial charge >= 0.3 is 0 Å². The lowest BCUT2D eigenvalue weighted by Gasteiger charge is -2.36. The van der Waals surface area contributed by atoms with Crippen LogP contribution in [0.15, 0.2) is 23.1 Å². The number of morpholine rings is 1. The van der Waals surface area contributed by atoms with Gasteiger partial charge in [-0.05, 0) is 18.2 Å². The van der Waals surface area contributed by atoms with Crippen LogP contribution in [0.25, 0.3) is 0 Å². The van der Waals surface area contributed by atoms with E-state index in [9.17, 15) is 12.8 Å². The third-order valence-corrected chi connectivity index (χ3v) is 3.97. The molecule has 0 amide bonds. The topological polar surface area (TPSA) is 98.7 Å². The predicted octanol–water partition coefficient (Wildman–Crippen LogP) is -0.363. The van der Waals surface area contributed by atoms with Gasteiger partial charge in [-0.3, -0.25) is 0 Å². The summed E-state index contributed by atoms with van der Waals surface area (Å²) in [6.45, 7) is 1.74. The fourth-order valence-electron chi connectivity index (χ4n) is 2.06. The van der Waals surface area contributed by atoms with E-state index >= 15 is 0 Å². The average molecular weight is 289 g/mol. The maximum absolute atomic E-state index is 14.0. The number of sulfonamides is 1. The number of hydrogen-bond acceptors (Lipinski definition) is 5. The zero-order chi connectivity index (χ0) is 14.0. The molecule has 0 spiro atoms. The molecule has 0 radical (unpaired) electrons. The summed E-state index contributed by atoms with van der Waals surface area (Å²) >= 11 is 0. The maximum atomic E-state index is 14.0. The van der Waals surface area contributed by atoms with Gasteiger partial charge in [0, 0.05) is 13.1 Å². The van der Waals surface area contributed by atoms with Gasteiger partial charge in [0.2, 0.25) is 10.0 Å². The largest absolute Gasteiger partial charge is 0.377 e. The number of rotatable bonds is 3. The Morgan fingerprint density at radius 3 is 2.79 bits per heavy atom. The molecule has 0 saturated carbocycles. The first-order chi connectivity index (χ1) is 8.93. The van der Waals surface area contributed by atoms with Gasteiger partial charge in [-0.1, -0.05) is 0 Å². The lowest BCUT2D eigenvalue weighted by Crippen LogP contribution is -2.49. The molecule has 1 atom stereocenters. The van der Waals surface area contributed by atoms with E-state index < -0.39 is 15.8 Å². The first kappa shape index (κ1) is 14.2. The first-order valence-corrected chi connectivity index (χ1v) is 7.35. The molecule has 1 aliphatic rings. The molecule has 8 heteroatoms. The van der Waals surface area contributed by atoms with Crippen LogP contribution in [-0.4, -0.2) is 40.8 Å². The number of benzene rings is 1. The summed E-state index contributed by atoms with van der Waals surface area (Å²) in [4.78, 5) is 1.54. The third kappa shape index (κ3) is 3.03. The van der Waals surface area contributed by atoms with E-state index in [4.69, 9.17) is 15.6 Å². The molecule has 1 saturated heterocycles. The average Bonchev–Trinajstić information content (AvgIpc) is 2.37. The van der Waals surface area contributed by atoms with Crippen molar-refractivity contribution in [2.75, 3.05) is 31.2 Å². The normalized spacial score (nSPS) is 20.6. The number of hydrogen-bond donors (Lipinski definition) is 2. The summed E-state index contributed by atoms with van der Waals surface area (Å²) in [5.74, 6) is -0.633. The second-order valence-corrected chi connectivity index (χ2v) is 5.88. The minimum Gasteiger partial charge on any atom is -0.377 e. The van der Waals surface area contributed by atoms with E-state index in [-0.39, 0.29) is 10.9 Å². The molecular weight excluding hydrogens is 273 g/mol. The van der Waals surface area contributed by atoms with Gasteiger partial charge in [0.05, 0.1) is 29.8 Å². The minimum absolute atomic E-state index is 0.122. The summed E-state index contributed by atoms with van der Waals surface area (Å²) in [6.07, 6.45) is 0. The van der Waals surface area contributed by atoms with Gasteiger partial charge in [0.15, 0.2) is 0 Å². The van der Waals surface area contributed by atoms with Crippen LogP contribution in [0.3, 0.4) is 0 Å². The summed E-state index contributed by atoms with van der Waals surface area (Å²) < 4.78 is 41.6. The van der Waals surface area contributed by atoms with Crippen molar-refractivity contribution in [3.8, 4) is 0 Å². The van der Waals surface area contributed by atoms with E-state index in [1.807, 2.05) is 0 Å². The Bertz CT molecular complexity index is 564.